The fourth-order valence-corrected chi connectivity index (χ4v) is 1.54. The van der Waals surface area contributed by atoms with Gasteiger partial charge in [-0.15, -0.1) is 0 Å². The Bertz CT molecular complexity index is 141. The highest BCUT2D eigenvalue weighted by molar-refractivity contribution is 5.47. The van der Waals surface area contributed by atoms with Crippen LogP contribution in [0.2, 0.25) is 0 Å². The van der Waals surface area contributed by atoms with E-state index < -0.39 is 0 Å². The fraction of sp³-hybridized carbons (Fsp3) is 0.889. The Balaban J connectivity index is 2.30. The first kappa shape index (κ1) is 9.52. The van der Waals surface area contributed by atoms with Gasteiger partial charge in [0, 0.05) is 18.6 Å². The van der Waals surface area contributed by atoms with Crippen LogP contribution in [0.5, 0.6) is 0 Å². The third-order valence-corrected chi connectivity index (χ3v) is 2.39. The van der Waals surface area contributed by atoms with E-state index in [1.54, 1.807) is 0 Å². The van der Waals surface area contributed by atoms with Gasteiger partial charge in [0.25, 0.3) is 0 Å². The maximum Gasteiger partial charge on any atom is 0.209 e. The summed E-state index contributed by atoms with van der Waals surface area (Å²) < 4.78 is 0. The lowest BCUT2D eigenvalue weighted by molar-refractivity contribution is -0.119. The number of nitrogens with one attached hydrogen (secondary N) is 1. The Kier molecular flexibility index (Phi) is 3.53. The van der Waals surface area contributed by atoms with Crippen LogP contribution in [0.1, 0.15) is 26.7 Å². The second-order valence-electron chi connectivity index (χ2n) is 3.69. The van der Waals surface area contributed by atoms with E-state index in [0.717, 1.165) is 19.5 Å². The van der Waals surface area contributed by atoms with Crippen LogP contribution >= 0.6 is 0 Å². The summed E-state index contributed by atoms with van der Waals surface area (Å²) in [4.78, 5) is 12.5. The van der Waals surface area contributed by atoms with Gasteiger partial charge in [-0.1, -0.05) is 0 Å². The minimum atomic E-state index is 0.324. The second kappa shape index (κ2) is 4.45. The molecule has 0 radical (unpaired) electrons. The molecule has 0 spiro atoms. The van der Waals surface area contributed by atoms with Crippen molar-refractivity contribution < 1.29 is 4.79 Å². The number of amides is 1. The van der Waals surface area contributed by atoms with Crippen LogP contribution in [-0.4, -0.2) is 36.5 Å². The second-order valence-corrected chi connectivity index (χ2v) is 3.69. The molecule has 1 atom stereocenters. The van der Waals surface area contributed by atoms with Gasteiger partial charge < -0.3 is 10.2 Å². The Labute approximate surface area is 74.1 Å². The number of hydrogen-bond donors (Lipinski definition) is 1. The standard InChI is InChI=1S/C9H18N2O/c1-8(2)11(7-12)6-9-4-3-5-10-9/h7-10H,3-6H2,1-2H3. The topological polar surface area (TPSA) is 32.3 Å². The maximum atomic E-state index is 10.6. The van der Waals surface area contributed by atoms with Gasteiger partial charge in [0.15, 0.2) is 0 Å². The van der Waals surface area contributed by atoms with Gasteiger partial charge >= 0.3 is 0 Å². The smallest absolute Gasteiger partial charge is 0.209 e. The lowest BCUT2D eigenvalue weighted by Crippen LogP contribution is -2.40. The van der Waals surface area contributed by atoms with E-state index in [4.69, 9.17) is 0 Å². The average Bonchev–Trinajstić information content (AvgIpc) is 2.51. The molecule has 0 aliphatic carbocycles. The van der Waals surface area contributed by atoms with E-state index in [1.807, 2.05) is 18.7 Å². The Morgan fingerprint density at radius 1 is 1.67 bits per heavy atom. The van der Waals surface area contributed by atoms with Crippen LogP contribution in [-0.2, 0) is 4.79 Å². The fourth-order valence-electron chi connectivity index (χ4n) is 1.54. The van der Waals surface area contributed by atoms with Gasteiger partial charge in [-0.3, -0.25) is 4.79 Å². The van der Waals surface area contributed by atoms with Crippen molar-refractivity contribution in [2.45, 2.75) is 38.8 Å². The molecule has 1 aliphatic heterocycles. The normalized spacial score (nSPS) is 23.1. The Hall–Kier alpha value is -0.570. The van der Waals surface area contributed by atoms with E-state index in [1.165, 1.54) is 12.8 Å². The third-order valence-electron chi connectivity index (χ3n) is 2.39. The highest BCUT2D eigenvalue weighted by Gasteiger charge is 2.17. The number of nitrogens with zero attached hydrogens (tertiary/aromatic N) is 1. The van der Waals surface area contributed by atoms with E-state index in [9.17, 15) is 4.79 Å². The van der Waals surface area contributed by atoms with E-state index in [-0.39, 0.29) is 0 Å². The van der Waals surface area contributed by atoms with Crippen molar-refractivity contribution >= 4 is 6.41 Å². The summed E-state index contributed by atoms with van der Waals surface area (Å²) in [6, 6.07) is 0.850. The van der Waals surface area contributed by atoms with E-state index in [2.05, 4.69) is 5.32 Å². The average molecular weight is 170 g/mol. The number of carbonyl (C=O) groups excluding carboxylic acids is 1. The summed E-state index contributed by atoms with van der Waals surface area (Å²) in [5.41, 5.74) is 0. The molecule has 3 heteroatoms. The molecule has 3 nitrogen and oxygen atoms in total. The maximum absolute atomic E-state index is 10.6. The van der Waals surface area contributed by atoms with Gasteiger partial charge in [-0.05, 0) is 33.2 Å². The first-order valence-electron chi connectivity index (χ1n) is 4.68. The van der Waals surface area contributed by atoms with Crippen molar-refractivity contribution in [1.29, 1.82) is 0 Å². The molecular weight excluding hydrogens is 152 g/mol. The molecule has 1 heterocycles. The quantitative estimate of drug-likeness (QED) is 0.627. The molecule has 0 aromatic heterocycles. The van der Waals surface area contributed by atoms with E-state index in [0.29, 0.717) is 12.1 Å². The summed E-state index contributed by atoms with van der Waals surface area (Å²) in [5, 5.41) is 3.38. The van der Waals surface area contributed by atoms with Crippen LogP contribution in [0.3, 0.4) is 0 Å². The van der Waals surface area contributed by atoms with Crippen LogP contribution in [0, 0.1) is 0 Å². The van der Waals surface area contributed by atoms with Crippen molar-refractivity contribution in [3.05, 3.63) is 0 Å². The van der Waals surface area contributed by atoms with Gasteiger partial charge in [0.05, 0.1) is 0 Å². The molecule has 0 bridgehead atoms. The predicted molar refractivity (Wildman–Crippen MR) is 48.9 cm³/mol. The Morgan fingerprint density at radius 3 is 2.83 bits per heavy atom. The SMILES string of the molecule is CC(C)N(C=O)CC1CCCN1. The van der Waals surface area contributed by atoms with Crippen molar-refractivity contribution in [3.63, 3.8) is 0 Å². The first-order valence-corrected chi connectivity index (χ1v) is 4.68. The van der Waals surface area contributed by atoms with Crippen molar-refractivity contribution in [1.82, 2.24) is 10.2 Å². The number of rotatable bonds is 4. The molecule has 1 amide bonds. The highest BCUT2D eigenvalue weighted by Crippen LogP contribution is 2.07. The number of hydrogen-bond acceptors (Lipinski definition) is 2. The molecule has 1 rings (SSSR count). The molecule has 1 aliphatic rings. The van der Waals surface area contributed by atoms with Crippen LogP contribution in [0.15, 0.2) is 0 Å². The summed E-state index contributed by atoms with van der Waals surface area (Å²) >= 11 is 0. The molecule has 1 unspecified atom stereocenters. The van der Waals surface area contributed by atoms with Gasteiger partial charge in [-0.25, -0.2) is 0 Å². The predicted octanol–water partition coefficient (Wildman–Crippen LogP) is 0.605. The highest BCUT2D eigenvalue weighted by atomic mass is 16.1. The lowest BCUT2D eigenvalue weighted by atomic mass is 10.2. The minimum absolute atomic E-state index is 0.324. The summed E-state index contributed by atoms with van der Waals surface area (Å²) in [5.74, 6) is 0. The molecular formula is C9H18N2O. The first-order chi connectivity index (χ1) is 5.74. The van der Waals surface area contributed by atoms with Gasteiger partial charge in [0.1, 0.15) is 0 Å². The summed E-state index contributed by atoms with van der Waals surface area (Å²) in [7, 11) is 0. The zero-order chi connectivity index (χ0) is 8.97. The summed E-state index contributed by atoms with van der Waals surface area (Å²) in [6.45, 7) is 6.06. The molecule has 0 saturated carbocycles. The van der Waals surface area contributed by atoms with Crippen LogP contribution in [0.4, 0.5) is 0 Å². The zero-order valence-electron chi connectivity index (χ0n) is 7.92. The van der Waals surface area contributed by atoms with Crippen LogP contribution < -0.4 is 5.32 Å². The van der Waals surface area contributed by atoms with Crippen molar-refractivity contribution in [2.24, 2.45) is 0 Å². The summed E-state index contributed by atoms with van der Waals surface area (Å²) in [6.07, 6.45) is 3.40. The van der Waals surface area contributed by atoms with Crippen molar-refractivity contribution in [3.8, 4) is 0 Å². The monoisotopic (exact) mass is 170 g/mol. The number of carbonyl (C=O) groups is 1. The zero-order valence-corrected chi connectivity index (χ0v) is 7.92. The molecule has 1 N–H and O–H groups in total. The van der Waals surface area contributed by atoms with Crippen molar-refractivity contribution in [2.75, 3.05) is 13.1 Å². The third kappa shape index (κ3) is 2.48. The molecule has 0 aromatic rings. The van der Waals surface area contributed by atoms with Gasteiger partial charge in [0.2, 0.25) is 6.41 Å². The van der Waals surface area contributed by atoms with Gasteiger partial charge in [-0.2, -0.15) is 0 Å². The minimum Gasteiger partial charge on any atom is -0.341 e. The molecule has 1 fully saturated rings. The molecule has 1 saturated heterocycles. The molecule has 12 heavy (non-hydrogen) atoms. The largest absolute Gasteiger partial charge is 0.341 e. The Morgan fingerprint density at radius 2 is 2.42 bits per heavy atom. The molecule has 70 valence electrons. The van der Waals surface area contributed by atoms with Crippen LogP contribution in [0.25, 0.3) is 0 Å². The molecule has 0 aromatic carbocycles. The lowest BCUT2D eigenvalue weighted by Gasteiger charge is -2.25. The van der Waals surface area contributed by atoms with E-state index >= 15 is 0 Å².